The third kappa shape index (κ3) is 2.71. The van der Waals surface area contributed by atoms with Crippen LogP contribution in [0.5, 0.6) is 5.75 Å². The number of carbonyl (C=O) groups excluding carboxylic acids is 2. The van der Waals surface area contributed by atoms with Crippen LogP contribution in [0, 0.1) is 11.8 Å². The smallest absolute Gasteiger partial charge is 0.334 e. The Hall–Kier alpha value is -2.30. The van der Waals surface area contributed by atoms with Gasteiger partial charge in [0.05, 0.1) is 25.7 Å². The predicted molar refractivity (Wildman–Crippen MR) is 83.0 cm³/mol. The molecule has 5 nitrogen and oxygen atoms in total. The van der Waals surface area contributed by atoms with Gasteiger partial charge in [-0.1, -0.05) is 24.3 Å². The molecule has 0 unspecified atom stereocenters. The van der Waals surface area contributed by atoms with Gasteiger partial charge in [-0.25, -0.2) is 4.79 Å². The van der Waals surface area contributed by atoms with Crippen molar-refractivity contribution in [1.29, 1.82) is 0 Å². The molecule has 0 saturated carbocycles. The lowest BCUT2D eigenvalue weighted by molar-refractivity contribution is -0.147. The molecule has 122 valence electrons. The molecule has 1 aromatic rings. The molecule has 0 N–H and O–H groups in total. The second-order valence-electron chi connectivity index (χ2n) is 5.60. The monoisotopic (exact) mass is 316 g/mol. The summed E-state index contributed by atoms with van der Waals surface area (Å²) in [6.45, 7) is 4.52. The number of para-hydroxylation sites is 1. The SMILES string of the molecule is CCOC(=O)C1=C[C@H](C(=O)OCC)[C@H]2c3ccccc3OC[C@@H]12. The van der Waals surface area contributed by atoms with Crippen LogP contribution in [0.4, 0.5) is 0 Å². The fourth-order valence-electron chi connectivity index (χ4n) is 3.42. The lowest BCUT2D eigenvalue weighted by Gasteiger charge is -2.32. The van der Waals surface area contributed by atoms with E-state index in [1.807, 2.05) is 24.3 Å². The minimum atomic E-state index is -0.482. The Morgan fingerprint density at radius 3 is 2.65 bits per heavy atom. The summed E-state index contributed by atoms with van der Waals surface area (Å²) in [5, 5.41) is 0. The molecule has 0 aromatic heterocycles. The zero-order valence-corrected chi connectivity index (χ0v) is 13.3. The van der Waals surface area contributed by atoms with E-state index in [4.69, 9.17) is 14.2 Å². The van der Waals surface area contributed by atoms with Crippen LogP contribution in [-0.2, 0) is 19.1 Å². The van der Waals surface area contributed by atoms with Crippen LogP contribution < -0.4 is 4.74 Å². The molecular formula is C18H20O5. The van der Waals surface area contributed by atoms with E-state index in [1.165, 1.54) is 0 Å². The Morgan fingerprint density at radius 1 is 1.17 bits per heavy atom. The molecule has 0 spiro atoms. The van der Waals surface area contributed by atoms with E-state index in [1.54, 1.807) is 19.9 Å². The van der Waals surface area contributed by atoms with Gasteiger partial charge in [0.1, 0.15) is 5.75 Å². The molecule has 2 aliphatic rings. The Kier molecular flexibility index (Phi) is 4.37. The first-order valence-electron chi connectivity index (χ1n) is 7.94. The van der Waals surface area contributed by atoms with E-state index < -0.39 is 5.92 Å². The summed E-state index contributed by atoms with van der Waals surface area (Å²) in [4.78, 5) is 24.6. The zero-order chi connectivity index (χ0) is 16.4. The molecule has 0 amide bonds. The molecule has 5 heteroatoms. The summed E-state index contributed by atoms with van der Waals surface area (Å²) in [5.41, 5.74) is 1.46. The molecule has 0 bridgehead atoms. The highest BCUT2D eigenvalue weighted by Gasteiger charge is 2.48. The Bertz CT molecular complexity index is 649. The highest BCUT2D eigenvalue weighted by atomic mass is 16.5. The summed E-state index contributed by atoms with van der Waals surface area (Å²) in [7, 11) is 0. The zero-order valence-electron chi connectivity index (χ0n) is 13.3. The van der Waals surface area contributed by atoms with Crippen molar-refractivity contribution >= 4 is 11.9 Å². The van der Waals surface area contributed by atoms with Gasteiger partial charge < -0.3 is 14.2 Å². The minimum absolute atomic E-state index is 0.140. The van der Waals surface area contributed by atoms with E-state index in [2.05, 4.69) is 0 Å². The molecular weight excluding hydrogens is 296 g/mol. The standard InChI is InChI=1S/C18H20O5/c1-3-21-17(19)12-9-13(18(20)22-4-2)16-11-7-5-6-8-15(11)23-10-14(12)16/h5-9,13-14,16H,3-4,10H2,1-2H3/t13-,14-,16+/m0/s1. The minimum Gasteiger partial charge on any atom is -0.493 e. The Labute approximate surface area is 135 Å². The van der Waals surface area contributed by atoms with Gasteiger partial charge in [-0.3, -0.25) is 4.79 Å². The van der Waals surface area contributed by atoms with Crippen molar-refractivity contribution in [1.82, 2.24) is 0 Å². The van der Waals surface area contributed by atoms with Crippen LogP contribution in [0.15, 0.2) is 35.9 Å². The molecule has 1 aliphatic heterocycles. The topological polar surface area (TPSA) is 61.8 Å². The number of benzene rings is 1. The van der Waals surface area contributed by atoms with E-state index in [9.17, 15) is 9.59 Å². The van der Waals surface area contributed by atoms with Crippen molar-refractivity contribution in [3.05, 3.63) is 41.5 Å². The van der Waals surface area contributed by atoms with Crippen LogP contribution in [0.3, 0.4) is 0 Å². The van der Waals surface area contributed by atoms with E-state index in [0.717, 1.165) is 11.3 Å². The van der Waals surface area contributed by atoms with Gasteiger partial charge in [-0.05, 0) is 25.5 Å². The second kappa shape index (κ2) is 6.44. The van der Waals surface area contributed by atoms with Crippen molar-refractivity contribution in [3.63, 3.8) is 0 Å². The molecule has 0 saturated heterocycles. The first-order valence-corrected chi connectivity index (χ1v) is 7.94. The van der Waals surface area contributed by atoms with Gasteiger partial charge in [-0.15, -0.1) is 0 Å². The number of ether oxygens (including phenoxy) is 3. The largest absolute Gasteiger partial charge is 0.493 e. The molecule has 1 heterocycles. The Balaban J connectivity index is 1.99. The maximum Gasteiger partial charge on any atom is 0.334 e. The van der Waals surface area contributed by atoms with E-state index >= 15 is 0 Å². The lowest BCUT2D eigenvalue weighted by Crippen LogP contribution is -2.32. The summed E-state index contributed by atoms with van der Waals surface area (Å²) in [6, 6.07) is 7.64. The summed E-state index contributed by atoms with van der Waals surface area (Å²) in [5.74, 6) is -0.724. The number of esters is 2. The summed E-state index contributed by atoms with van der Waals surface area (Å²) >= 11 is 0. The van der Waals surface area contributed by atoms with Crippen molar-refractivity contribution < 1.29 is 23.8 Å². The number of fused-ring (bicyclic) bond motifs is 3. The average Bonchev–Trinajstić information content (AvgIpc) is 2.95. The molecule has 0 fully saturated rings. The molecule has 0 radical (unpaired) electrons. The maximum atomic E-state index is 12.4. The fourth-order valence-corrected chi connectivity index (χ4v) is 3.42. The van der Waals surface area contributed by atoms with Crippen LogP contribution >= 0.6 is 0 Å². The van der Waals surface area contributed by atoms with Gasteiger partial charge in [0.2, 0.25) is 0 Å². The van der Waals surface area contributed by atoms with Crippen molar-refractivity contribution in [2.45, 2.75) is 19.8 Å². The highest BCUT2D eigenvalue weighted by molar-refractivity contribution is 5.93. The summed E-state index contributed by atoms with van der Waals surface area (Å²) < 4.78 is 16.1. The van der Waals surface area contributed by atoms with Crippen LogP contribution in [0.2, 0.25) is 0 Å². The molecule has 23 heavy (non-hydrogen) atoms. The predicted octanol–water partition coefficient (Wildman–Crippen LogP) is 2.46. The number of carbonyl (C=O) groups is 2. The second-order valence-corrected chi connectivity index (χ2v) is 5.60. The highest BCUT2D eigenvalue weighted by Crippen LogP contribution is 2.50. The van der Waals surface area contributed by atoms with Crippen LogP contribution in [0.25, 0.3) is 0 Å². The van der Waals surface area contributed by atoms with Crippen molar-refractivity contribution in [2.24, 2.45) is 11.8 Å². The third-order valence-corrected chi connectivity index (χ3v) is 4.35. The van der Waals surface area contributed by atoms with Crippen molar-refractivity contribution in [3.8, 4) is 5.75 Å². The maximum absolute atomic E-state index is 12.4. The summed E-state index contributed by atoms with van der Waals surface area (Å²) in [6.07, 6.45) is 1.71. The Morgan fingerprint density at radius 2 is 1.91 bits per heavy atom. The molecule has 1 aliphatic carbocycles. The van der Waals surface area contributed by atoms with Gasteiger partial charge in [-0.2, -0.15) is 0 Å². The molecule has 3 atom stereocenters. The van der Waals surface area contributed by atoms with Crippen molar-refractivity contribution in [2.75, 3.05) is 19.8 Å². The van der Waals surface area contributed by atoms with Crippen LogP contribution in [-0.4, -0.2) is 31.8 Å². The third-order valence-electron chi connectivity index (χ3n) is 4.35. The van der Waals surface area contributed by atoms with E-state index in [-0.39, 0.29) is 23.8 Å². The fraction of sp³-hybridized carbons (Fsp3) is 0.444. The quantitative estimate of drug-likeness (QED) is 0.799. The normalized spacial score (nSPS) is 24.8. The average molecular weight is 316 g/mol. The van der Waals surface area contributed by atoms with Gasteiger partial charge in [0.15, 0.2) is 0 Å². The van der Waals surface area contributed by atoms with Crippen LogP contribution in [0.1, 0.15) is 25.3 Å². The first-order chi connectivity index (χ1) is 11.2. The number of rotatable bonds is 4. The van der Waals surface area contributed by atoms with Gasteiger partial charge in [0, 0.05) is 17.4 Å². The van der Waals surface area contributed by atoms with Gasteiger partial charge in [0.25, 0.3) is 0 Å². The lowest BCUT2D eigenvalue weighted by atomic mass is 9.79. The molecule has 1 aromatic carbocycles. The first kappa shape index (κ1) is 15.6. The van der Waals surface area contributed by atoms with E-state index in [0.29, 0.717) is 25.4 Å². The van der Waals surface area contributed by atoms with Gasteiger partial charge >= 0.3 is 11.9 Å². The molecule has 3 rings (SSSR count). The number of hydrogen-bond acceptors (Lipinski definition) is 5. The number of hydrogen-bond donors (Lipinski definition) is 0.